The number of anilines is 1. The third-order valence-electron chi connectivity index (χ3n) is 2.50. The summed E-state index contributed by atoms with van der Waals surface area (Å²) < 4.78 is 13.3. The van der Waals surface area contributed by atoms with Crippen LogP contribution in [0.3, 0.4) is 0 Å². The first-order valence-corrected chi connectivity index (χ1v) is 5.27. The monoisotopic (exact) mass is 221 g/mol. The summed E-state index contributed by atoms with van der Waals surface area (Å²) in [6.45, 7) is 4.00. The van der Waals surface area contributed by atoms with Gasteiger partial charge in [0, 0.05) is 12.1 Å². The molecular weight excluding hydrogens is 205 g/mol. The Bertz CT molecular complexity index is 388. The summed E-state index contributed by atoms with van der Waals surface area (Å²) in [7, 11) is 0. The van der Waals surface area contributed by atoms with Crippen LogP contribution in [0.1, 0.15) is 20.3 Å². The Labute approximate surface area is 94.9 Å². The van der Waals surface area contributed by atoms with Gasteiger partial charge in [-0.1, -0.05) is 26.0 Å². The molecule has 0 spiro atoms. The minimum atomic E-state index is -0.313. The molecule has 0 heterocycles. The van der Waals surface area contributed by atoms with E-state index in [4.69, 9.17) is 5.53 Å². The number of benzene rings is 1. The molecule has 0 bridgehead atoms. The van der Waals surface area contributed by atoms with Crippen molar-refractivity contribution < 1.29 is 4.39 Å². The maximum absolute atomic E-state index is 13.3. The van der Waals surface area contributed by atoms with Crippen molar-refractivity contribution in [1.82, 2.24) is 0 Å². The number of para-hydroxylation sites is 1. The lowest BCUT2D eigenvalue weighted by Gasteiger charge is -2.08. The van der Waals surface area contributed by atoms with Gasteiger partial charge in [-0.15, -0.1) is 0 Å². The van der Waals surface area contributed by atoms with Crippen molar-refractivity contribution in [2.24, 2.45) is 11.0 Å². The van der Waals surface area contributed by atoms with E-state index in [1.54, 1.807) is 24.4 Å². The van der Waals surface area contributed by atoms with Gasteiger partial charge in [-0.3, -0.25) is 0 Å². The molecule has 0 radical (unpaired) electrons. The highest BCUT2D eigenvalue weighted by Crippen LogP contribution is 2.17. The van der Waals surface area contributed by atoms with Crippen LogP contribution in [0.25, 0.3) is 0 Å². The standard InChI is InChI=1S/C12H16FN3/c1-3-9(2)12(16-14)8-15-11-7-5-4-6-10(11)13/h4-9,14-15H,3H2,1-2H3/b12-8-,16-14?/t9-/m1/s1. The highest BCUT2D eigenvalue weighted by molar-refractivity contribution is 5.47. The summed E-state index contributed by atoms with van der Waals surface area (Å²) in [6, 6.07) is 6.41. The van der Waals surface area contributed by atoms with Gasteiger partial charge in [0.1, 0.15) is 5.82 Å². The van der Waals surface area contributed by atoms with Gasteiger partial charge in [0.25, 0.3) is 0 Å². The quantitative estimate of drug-likeness (QED) is 0.721. The number of hydrogen-bond acceptors (Lipinski definition) is 3. The predicted molar refractivity (Wildman–Crippen MR) is 62.7 cm³/mol. The number of hydrogen-bond donors (Lipinski definition) is 2. The Balaban J connectivity index is 2.78. The lowest BCUT2D eigenvalue weighted by Crippen LogP contribution is -1.99. The van der Waals surface area contributed by atoms with E-state index >= 15 is 0 Å². The van der Waals surface area contributed by atoms with Crippen LogP contribution in [0, 0.1) is 17.3 Å². The molecule has 16 heavy (non-hydrogen) atoms. The molecule has 0 unspecified atom stereocenters. The summed E-state index contributed by atoms with van der Waals surface area (Å²) in [5.74, 6) is -0.121. The van der Waals surface area contributed by atoms with Crippen molar-refractivity contribution in [2.75, 3.05) is 5.32 Å². The number of allylic oxidation sites excluding steroid dienone is 1. The van der Waals surface area contributed by atoms with Crippen LogP contribution in [0.5, 0.6) is 0 Å². The first-order valence-electron chi connectivity index (χ1n) is 5.27. The van der Waals surface area contributed by atoms with Gasteiger partial charge in [-0.05, 0) is 18.6 Å². The zero-order valence-electron chi connectivity index (χ0n) is 9.50. The molecule has 0 saturated heterocycles. The summed E-state index contributed by atoms with van der Waals surface area (Å²) in [5, 5.41) is 6.26. The van der Waals surface area contributed by atoms with E-state index in [-0.39, 0.29) is 11.7 Å². The molecule has 86 valence electrons. The Hall–Kier alpha value is -1.71. The van der Waals surface area contributed by atoms with E-state index in [1.807, 2.05) is 13.8 Å². The Morgan fingerprint density at radius 2 is 2.25 bits per heavy atom. The Morgan fingerprint density at radius 1 is 1.56 bits per heavy atom. The van der Waals surface area contributed by atoms with Gasteiger partial charge in [-0.2, -0.15) is 5.11 Å². The van der Waals surface area contributed by atoms with Crippen molar-refractivity contribution in [3.63, 3.8) is 0 Å². The smallest absolute Gasteiger partial charge is 0.146 e. The first kappa shape index (κ1) is 12.4. The van der Waals surface area contributed by atoms with E-state index in [9.17, 15) is 4.39 Å². The van der Waals surface area contributed by atoms with Crippen LogP contribution in [0.4, 0.5) is 10.1 Å². The third kappa shape index (κ3) is 3.15. The number of nitrogens with one attached hydrogen (secondary N) is 2. The highest BCUT2D eigenvalue weighted by atomic mass is 19.1. The van der Waals surface area contributed by atoms with Gasteiger partial charge >= 0.3 is 0 Å². The lowest BCUT2D eigenvalue weighted by atomic mass is 10.1. The molecule has 1 aromatic rings. The molecule has 0 aliphatic carbocycles. The zero-order valence-corrected chi connectivity index (χ0v) is 9.50. The molecule has 0 aromatic heterocycles. The van der Waals surface area contributed by atoms with Crippen LogP contribution in [0.15, 0.2) is 41.3 Å². The summed E-state index contributed by atoms with van der Waals surface area (Å²) in [5.41, 5.74) is 8.05. The third-order valence-corrected chi connectivity index (χ3v) is 2.50. The fourth-order valence-corrected chi connectivity index (χ4v) is 1.22. The maximum atomic E-state index is 13.3. The Kier molecular flexibility index (Phi) is 4.64. The fourth-order valence-electron chi connectivity index (χ4n) is 1.22. The average Bonchev–Trinajstić information content (AvgIpc) is 2.31. The maximum Gasteiger partial charge on any atom is 0.146 e. The van der Waals surface area contributed by atoms with Gasteiger partial charge < -0.3 is 5.32 Å². The molecule has 2 N–H and O–H groups in total. The van der Waals surface area contributed by atoms with Gasteiger partial charge in [0.05, 0.1) is 11.4 Å². The molecule has 0 amide bonds. The van der Waals surface area contributed by atoms with Crippen molar-refractivity contribution in [2.45, 2.75) is 20.3 Å². The van der Waals surface area contributed by atoms with Crippen LogP contribution in [0.2, 0.25) is 0 Å². The molecule has 1 aromatic carbocycles. The molecule has 0 saturated carbocycles. The normalized spacial score (nSPS) is 13.3. The van der Waals surface area contributed by atoms with Crippen molar-refractivity contribution >= 4 is 5.69 Å². The second-order valence-corrected chi connectivity index (χ2v) is 3.61. The van der Waals surface area contributed by atoms with Crippen LogP contribution in [-0.2, 0) is 0 Å². The summed E-state index contributed by atoms with van der Waals surface area (Å²) in [4.78, 5) is 0. The summed E-state index contributed by atoms with van der Waals surface area (Å²) >= 11 is 0. The Morgan fingerprint density at radius 3 is 2.81 bits per heavy atom. The molecule has 1 rings (SSSR count). The van der Waals surface area contributed by atoms with Crippen molar-refractivity contribution in [3.8, 4) is 0 Å². The van der Waals surface area contributed by atoms with Crippen molar-refractivity contribution in [3.05, 3.63) is 42.0 Å². The highest BCUT2D eigenvalue weighted by Gasteiger charge is 2.05. The average molecular weight is 221 g/mol. The number of rotatable bonds is 5. The van der Waals surface area contributed by atoms with Gasteiger partial charge in [0.15, 0.2) is 0 Å². The molecule has 1 atom stereocenters. The van der Waals surface area contributed by atoms with E-state index in [0.717, 1.165) is 6.42 Å². The van der Waals surface area contributed by atoms with Crippen LogP contribution >= 0.6 is 0 Å². The molecular formula is C12H16FN3. The molecule has 0 fully saturated rings. The van der Waals surface area contributed by atoms with E-state index < -0.39 is 0 Å². The van der Waals surface area contributed by atoms with E-state index in [1.165, 1.54) is 6.07 Å². The second-order valence-electron chi connectivity index (χ2n) is 3.61. The van der Waals surface area contributed by atoms with Crippen molar-refractivity contribution in [1.29, 1.82) is 5.53 Å². The largest absolute Gasteiger partial charge is 0.358 e. The van der Waals surface area contributed by atoms with E-state index in [0.29, 0.717) is 11.4 Å². The fraction of sp³-hybridized carbons (Fsp3) is 0.333. The van der Waals surface area contributed by atoms with Crippen LogP contribution in [-0.4, -0.2) is 0 Å². The van der Waals surface area contributed by atoms with Gasteiger partial charge in [0.2, 0.25) is 0 Å². The number of nitrogens with zero attached hydrogens (tertiary/aromatic N) is 1. The van der Waals surface area contributed by atoms with Gasteiger partial charge in [-0.25, -0.2) is 9.92 Å². The molecule has 0 aliphatic rings. The topological polar surface area (TPSA) is 48.2 Å². The molecule has 3 nitrogen and oxygen atoms in total. The minimum absolute atomic E-state index is 0.191. The second kappa shape index (κ2) is 6.00. The molecule has 4 heteroatoms. The zero-order chi connectivity index (χ0) is 12.0. The van der Waals surface area contributed by atoms with Crippen LogP contribution < -0.4 is 5.32 Å². The summed E-state index contributed by atoms with van der Waals surface area (Å²) in [6.07, 6.45) is 2.48. The van der Waals surface area contributed by atoms with E-state index in [2.05, 4.69) is 10.4 Å². The predicted octanol–water partition coefficient (Wildman–Crippen LogP) is 4.16. The number of halogens is 1. The minimum Gasteiger partial charge on any atom is -0.358 e. The molecule has 0 aliphatic heterocycles. The first-order chi connectivity index (χ1) is 7.69. The lowest BCUT2D eigenvalue weighted by molar-refractivity contribution is 0.627. The SMILES string of the molecule is CC[C@@H](C)/C(=C/Nc1ccccc1F)N=N.